The molecule has 0 fully saturated rings. The van der Waals surface area contributed by atoms with Gasteiger partial charge in [0.25, 0.3) is 0 Å². The standard InChI is InChI=1S/C20H22O2Si/c1-23(2,3)22-19-16-10-6-5-9-15(16)18(21)20(19)13-12-14-8-4-7-11-17(14)20/h4-11,19H,12-13H2,1-3H3/t19-,20-/m0/s1. The van der Waals surface area contributed by atoms with Crippen LogP contribution >= 0.6 is 0 Å². The predicted octanol–water partition coefficient (Wildman–Crippen LogP) is 4.66. The second-order valence-electron chi connectivity index (χ2n) is 7.66. The van der Waals surface area contributed by atoms with E-state index in [0.29, 0.717) is 0 Å². The maximum atomic E-state index is 13.4. The van der Waals surface area contributed by atoms with Crippen molar-refractivity contribution >= 4 is 14.1 Å². The lowest BCUT2D eigenvalue weighted by Gasteiger charge is -2.35. The van der Waals surface area contributed by atoms with Gasteiger partial charge in [-0.2, -0.15) is 0 Å². The molecule has 3 heteroatoms. The van der Waals surface area contributed by atoms with E-state index in [1.165, 1.54) is 11.1 Å². The number of ketones is 1. The quantitative estimate of drug-likeness (QED) is 0.752. The smallest absolute Gasteiger partial charge is 0.184 e. The summed E-state index contributed by atoms with van der Waals surface area (Å²) in [5.74, 6) is 0.251. The van der Waals surface area contributed by atoms with Gasteiger partial charge in [0.2, 0.25) is 0 Å². The number of hydrogen-bond acceptors (Lipinski definition) is 2. The maximum Gasteiger partial charge on any atom is 0.184 e. The largest absolute Gasteiger partial charge is 0.409 e. The molecule has 4 rings (SSSR count). The Morgan fingerprint density at radius 1 is 1.04 bits per heavy atom. The lowest BCUT2D eigenvalue weighted by atomic mass is 9.76. The summed E-state index contributed by atoms with van der Waals surface area (Å²) < 4.78 is 6.61. The van der Waals surface area contributed by atoms with Crippen LogP contribution in [-0.2, 0) is 16.3 Å². The van der Waals surface area contributed by atoms with E-state index >= 15 is 0 Å². The first-order valence-corrected chi connectivity index (χ1v) is 11.7. The highest BCUT2D eigenvalue weighted by Crippen LogP contribution is 2.56. The lowest BCUT2D eigenvalue weighted by molar-refractivity contribution is 0.0694. The van der Waals surface area contributed by atoms with Crippen LogP contribution in [0.4, 0.5) is 0 Å². The molecule has 1 spiro atoms. The summed E-state index contributed by atoms with van der Waals surface area (Å²) in [4.78, 5) is 13.4. The maximum absolute atomic E-state index is 13.4. The molecular formula is C20H22O2Si. The first-order valence-electron chi connectivity index (χ1n) is 8.33. The summed E-state index contributed by atoms with van der Waals surface area (Å²) in [6.45, 7) is 6.60. The first kappa shape index (κ1) is 14.9. The number of hydrogen-bond donors (Lipinski definition) is 0. The number of carbonyl (C=O) groups is 1. The van der Waals surface area contributed by atoms with Gasteiger partial charge in [-0.1, -0.05) is 48.5 Å². The zero-order valence-corrected chi connectivity index (χ0v) is 14.9. The molecule has 0 unspecified atom stereocenters. The van der Waals surface area contributed by atoms with Crippen LogP contribution in [0.5, 0.6) is 0 Å². The molecule has 23 heavy (non-hydrogen) atoms. The third-order valence-corrected chi connectivity index (χ3v) is 6.04. The van der Waals surface area contributed by atoms with E-state index in [1.54, 1.807) is 0 Å². The molecule has 2 atom stereocenters. The van der Waals surface area contributed by atoms with Crippen LogP contribution in [0.3, 0.4) is 0 Å². The van der Waals surface area contributed by atoms with Gasteiger partial charge in [-0.15, -0.1) is 0 Å². The van der Waals surface area contributed by atoms with E-state index in [-0.39, 0.29) is 11.9 Å². The van der Waals surface area contributed by atoms with E-state index in [4.69, 9.17) is 4.43 Å². The molecule has 0 radical (unpaired) electrons. The molecule has 2 aromatic carbocycles. The average molecular weight is 322 g/mol. The van der Waals surface area contributed by atoms with Gasteiger partial charge in [0.15, 0.2) is 14.1 Å². The Balaban J connectivity index is 1.94. The van der Waals surface area contributed by atoms with Crippen LogP contribution in [-0.4, -0.2) is 14.1 Å². The second-order valence-corrected chi connectivity index (χ2v) is 12.1. The summed E-state index contributed by atoms with van der Waals surface area (Å²) >= 11 is 0. The Morgan fingerprint density at radius 2 is 1.74 bits per heavy atom. The molecule has 0 heterocycles. The number of rotatable bonds is 2. The van der Waals surface area contributed by atoms with Crippen molar-refractivity contribution in [2.75, 3.05) is 0 Å². The van der Waals surface area contributed by atoms with Crippen LogP contribution in [0.15, 0.2) is 48.5 Å². The minimum atomic E-state index is -1.79. The molecular weight excluding hydrogens is 300 g/mol. The predicted molar refractivity (Wildman–Crippen MR) is 94.4 cm³/mol. The first-order chi connectivity index (χ1) is 10.9. The summed E-state index contributed by atoms with van der Waals surface area (Å²) in [6, 6.07) is 16.4. The average Bonchev–Trinajstić information content (AvgIpc) is 3.01. The molecule has 0 saturated carbocycles. The molecule has 2 nitrogen and oxygen atoms in total. The molecule has 2 aliphatic rings. The van der Waals surface area contributed by atoms with Gasteiger partial charge >= 0.3 is 0 Å². The number of fused-ring (bicyclic) bond motifs is 3. The fourth-order valence-corrected chi connectivity index (χ4v) is 5.26. The van der Waals surface area contributed by atoms with Gasteiger partial charge in [0, 0.05) is 5.56 Å². The van der Waals surface area contributed by atoms with Crippen LogP contribution < -0.4 is 0 Å². The Kier molecular flexibility index (Phi) is 3.16. The van der Waals surface area contributed by atoms with Gasteiger partial charge in [-0.3, -0.25) is 4.79 Å². The highest BCUT2D eigenvalue weighted by atomic mass is 28.4. The lowest BCUT2D eigenvalue weighted by Crippen LogP contribution is -2.40. The van der Waals surface area contributed by atoms with E-state index in [9.17, 15) is 4.79 Å². The van der Waals surface area contributed by atoms with Crippen LogP contribution in [0, 0.1) is 0 Å². The summed E-state index contributed by atoms with van der Waals surface area (Å²) in [6.07, 6.45) is 1.68. The number of aryl methyl sites for hydroxylation is 1. The summed E-state index contributed by atoms with van der Waals surface area (Å²) in [5.41, 5.74) is 3.91. The van der Waals surface area contributed by atoms with Gasteiger partial charge in [0.1, 0.15) is 0 Å². The highest BCUT2D eigenvalue weighted by Gasteiger charge is 2.58. The SMILES string of the molecule is C[Si](C)(C)O[C@H]1c2ccccc2C(=O)[C@@]12CCc1ccccc12. The van der Waals surface area contributed by atoms with Crippen LogP contribution in [0.25, 0.3) is 0 Å². The Morgan fingerprint density at radius 3 is 2.52 bits per heavy atom. The highest BCUT2D eigenvalue weighted by molar-refractivity contribution is 6.69. The van der Waals surface area contributed by atoms with Gasteiger partial charge in [0.05, 0.1) is 11.5 Å². The zero-order valence-electron chi connectivity index (χ0n) is 13.9. The summed E-state index contributed by atoms with van der Waals surface area (Å²) in [5, 5.41) is 0. The van der Waals surface area contributed by atoms with Crippen molar-refractivity contribution in [1.82, 2.24) is 0 Å². The van der Waals surface area contributed by atoms with Crippen molar-refractivity contribution in [2.45, 2.75) is 44.0 Å². The van der Waals surface area contributed by atoms with Crippen molar-refractivity contribution in [3.63, 3.8) is 0 Å². The number of Topliss-reactive ketones (excluding diaryl/α,β-unsaturated/α-hetero) is 1. The Hall–Kier alpha value is -1.71. The van der Waals surface area contributed by atoms with Gasteiger partial charge < -0.3 is 4.43 Å². The zero-order chi connectivity index (χ0) is 16.2. The molecule has 0 saturated heterocycles. The number of benzene rings is 2. The molecule has 0 N–H and O–H groups in total. The topological polar surface area (TPSA) is 26.3 Å². The normalized spacial score (nSPS) is 25.7. The molecule has 0 amide bonds. The third-order valence-electron chi connectivity index (χ3n) is 5.10. The molecule has 2 aliphatic carbocycles. The van der Waals surface area contributed by atoms with Crippen molar-refractivity contribution in [3.05, 3.63) is 70.8 Å². The minimum absolute atomic E-state index is 0.137. The van der Waals surface area contributed by atoms with Crippen LogP contribution in [0.2, 0.25) is 19.6 Å². The van der Waals surface area contributed by atoms with Crippen molar-refractivity contribution in [2.24, 2.45) is 0 Å². The Bertz CT molecular complexity index is 790. The second kappa shape index (κ2) is 4.89. The molecule has 0 aromatic heterocycles. The minimum Gasteiger partial charge on any atom is -0.409 e. The molecule has 2 aromatic rings. The summed E-state index contributed by atoms with van der Waals surface area (Å²) in [7, 11) is -1.79. The fraction of sp³-hybridized carbons (Fsp3) is 0.350. The Labute approximate surface area is 138 Å². The van der Waals surface area contributed by atoms with Crippen molar-refractivity contribution < 1.29 is 9.22 Å². The monoisotopic (exact) mass is 322 g/mol. The van der Waals surface area contributed by atoms with Crippen molar-refractivity contribution in [1.29, 1.82) is 0 Å². The van der Waals surface area contributed by atoms with Crippen molar-refractivity contribution in [3.8, 4) is 0 Å². The van der Waals surface area contributed by atoms with E-state index in [0.717, 1.165) is 24.0 Å². The van der Waals surface area contributed by atoms with E-state index in [1.807, 2.05) is 24.3 Å². The molecule has 0 bridgehead atoms. The molecule has 118 valence electrons. The molecule has 0 aliphatic heterocycles. The third kappa shape index (κ3) is 2.07. The number of carbonyl (C=O) groups excluding carboxylic acids is 1. The van der Waals surface area contributed by atoms with Gasteiger partial charge in [-0.05, 0) is 49.2 Å². The van der Waals surface area contributed by atoms with E-state index in [2.05, 4.69) is 43.9 Å². The van der Waals surface area contributed by atoms with Gasteiger partial charge in [-0.25, -0.2) is 0 Å². The van der Waals surface area contributed by atoms with Crippen LogP contribution in [0.1, 0.15) is 39.6 Å². The van der Waals surface area contributed by atoms with E-state index < -0.39 is 13.7 Å². The fourth-order valence-electron chi connectivity index (χ4n) is 4.22.